The number of rotatable bonds is 6. The maximum atomic E-state index is 13.8. The van der Waals surface area contributed by atoms with Gasteiger partial charge in [-0.25, -0.2) is 8.78 Å². The third kappa shape index (κ3) is 5.15. The van der Waals surface area contributed by atoms with E-state index < -0.39 is 29.4 Å². The number of carbonyl (C=O) groups is 1. The second-order valence-corrected chi connectivity index (χ2v) is 6.46. The Balaban J connectivity index is 2.46. The zero-order valence-electron chi connectivity index (χ0n) is 13.6. The topological polar surface area (TPSA) is 50.1 Å². The minimum Gasteiger partial charge on any atom is -0.452 e. The molecular weight excluding hydrogens is 404 g/mol. The van der Waals surface area contributed by atoms with Gasteiger partial charge in [-0.2, -0.15) is 5.26 Å². The molecule has 0 aliphatic rings. The number of nitriles is 1. The van der Waals surface area contributed by atoms with E-state index in [1.54, 1.807) is 12.1 Å². The van der Waals surface area contributed by atoms with Crippen molar-refractivity contribution in [3.05, 3.63) is 69.7 Å². The highest BCUT2D eigenvalue weighted by atomic mass is 79.9. The van der Waals surface area contributed by atoms with Crippen LogP contribution in [0.3, 0.4) is 0 Å². The molecule has 2 unspecified atom stereocenters. The van der Waals surface area contributed by atoms with Crippen molar-refractivity contribution in [3.8, 4) is 18.4 Å². The molecule has 26 heavy (non-hydrogen) atoms. The highest BCUT2D eigenvalue weighted by molar-refractivity contribution is 9.10. The summed E-state index contributed by atoms with van der Waals surface area (Å²) in [6.07, 6.45) is 4.87. The lowest BCUT2D eigenvalue weighted by Crippen LogP contribution is -2.17. The molecule has 0 saturated carbocycles. The van der Waals surface area contributed by atoms with Crippen molar-refractivity contribution in [2.24, 2.45) is 0 Å². The fourth-order valence-corrected chi connectivity index (χ4v) is 3.16. The lowest BCUT2D eigenvalue weighted by molar-refractivity contribution is -0.142. The Labute approximate surface area is 158 Å². The first kappa shape index (κ1) is 19.6. The predicted octanol–water partition coefficient (Wildman–Crippen LogP) is 4.68. The van der Waals surface area contributed by atoms with Crippen LogP contribution in [0.2, 0.25) is 0 Å². The zero-order chi connectivity index (χ0) is 19.1. The summed E-state index contributed by atoms with van der Waals surface area (Å²) in [6, 6.07) is 11.8. The number of halogens is 3. The van der Waals surface area contributed by atoms with Crippen LogP contribution >= 0.6 is 15.9 Å². The largest absolute Gasteiger partial charge is 0.452 e. The summed E-state index contributed by atoms with van der Waals surface area (Å²) >= 11 is 3.20. The second-order valence-electron chi connectivity index (χ2n) is 5.54. The van der Waals surface area contributed by atoms with E-state index in [2.05, 4.69) is 27.9 Å². The van der Waals surface area contributed by atoms with E-state index in [4.69, 9.17) is 11.2 Å². The van der Waals surface area contributed by atoms with Gasteiger partial charge in [0, 0.05) is 10.4 Å². The molecule has 0 aromatic heterocycles. The van der Waals surface area contributed by atoms with Crippen molar-refractivity contribution in [1.82, 2.24) is 0 Å². The summed E-state index contributed by atoms with van der Waals surface area (Å²) in [7, 11) is 0. The van der Waals surface area contributed by atoms with Gasteiger partial charge in [-0.15, -0.1) is 6.42 Å². The van der Waals surface area contributed by atoms with Gasteiger partial charge in [0.05, 0.1) is 18.4 Å². The number of terminal acetylenes is 1. The molecular formula is C20H14BrF2NO2. The minimum atomic E-state index is -0.877. The molecule has 0 radical (unpaired) electrons. The van der Waals surface area contributed by atoms with Crippen LogP contribution in [0.25, 0.3) is 0 Å². The Hall–Kier alpha value is -2.70. The van der Waals surface area contributed by atoms with Crippen LogP contribution in [0, 0.1) is 35.3 Å². The quantitative estimate of drug-likeness (QED) is 0.506. The van der Waals surface area contributed by atoms with E-state index in [0.29, 0.717) is 15.6 Å². The third-order valence-corrected chi connectivity index (χ3v) is 4.22. The van der Waals surface area contributed by atoms with E-state index in [-0.39, 0.29) is 13.0 Å². The van der Waals surface area contributed by atoms with E-state index in [9.17, 15) is 18.8 Å². The molecule has 2 aromatic rings. The summed E-state index contributed by atoms with van der Waals surface area (Å²) in [5.74, 6) is -1.07. The Kier molecular flexibility index (Phi) is 6.89. The van der Waals surface area contributed by atoms with Gasteiger partial charge in [-0.05, 0) is 41.5 Å². The lowest BCUT2D eigenvalue weighted by atomic mass is 9.80. The van der Waals surface area contributed by atoms with E-state index >= 15 is 0 Å². The average molecular weight is 418 g/mol. The van der Waals surface area contributed by atoms with Gasteiger partial charge >= 0.3 is 5.97 Å². The molecule has 132 valence electrons. The number of nitrogens with zero attached hydrogens (tertiary/aromatic N) is 1. The Morgan fingerprint density at radius 1 is 1.19 bits per heavy atom. The first-order valence-electron chi connectivity index (χ1n) is 7.64. The van der Waals surface area contributed by atoms with Crippen LogP contribution in [0.4, 0.5) is 8.78 Å². The molecule has 0 heterocycles. The Morgan fingerprint density at radius 2 is 1.92 bits per heavy atom. The van der Waals surface area contributed by atoms with Crippen molar-refractivity contribution in [3.63, 3.8) is 0 Å². The van der Waals surface area contributed by atoms with Gasteiger partial charge in [0.15, 0.2) is 6.61 Å². The van der Waals surface area contributed by atoms with Gasteiger partial charge < -0.3 is 4.74 Å². The highest BCUT2D eigenvalue weighted by Crippen LogP contribution is 2.37. The van der Waals surface area contributed by atoms with Gasteiger partial charge in [0.25, 0.3) is 0 Å². The fraction of sp³-hybridized carbons (Fsp3) is 0.200. The summed E-state index contributed by atoms with van der Waals surface area (Å²) in [5.41, 5.74) is 0.813. The predicted molar refractivity (Wildman–Crippen MR) is 96.0 cm³/mol. The zero-order valence-corrected chi connectivity index (χ0v) is 15.2. The summed E-state index contributed by atoms with van der Waals surface area (Å²) < 4.78 is 32.8. The molecule has 0 N–H and O–H groups in total. The van der Waals surface area contributed by atoms with Crippen LogP contribution in [0.1, 0.15) is 29.4 Å². The second kappa shape index (κ2) is 9.12. The molecule has 6 heteroatoms. The van der Waals surface area contributed by atoms with Gasteiger partial charge in [0.1, 0.15) is 11.6 Å². The number of ether oxygens (including phenoxy) is 1. The lowest BCUT2D eigenvalue weighted by Gasteiger charge is -2.22. The van der Waals surface area contributed by atoms with Crippen LogP contribution in [-0.4, -0.2) is 12.6 Å². The molecule has 0 saturated heterocycles. The molecule has 2 atom stereocenters. The maximum absolute atomic E-state index is 13.8. The van der Waals surface area contributed by atoms with Crippen LogP contribution in [0.5, 0.6) is 0 Å². The van der Waals surface area contributed by atoms with E-state index in [1.165, 1.54) is 30.3 Å². The summed E-state index contributed by atoms with van der Waals surface area (Å²) in [6.45, 7) is -0.199. The first-order valence-corrected chi connectivity index (χ1v) is 8.44. The van der Waals surface area contributed by atoms with Crippen molar-refractivity contribution in [2.75, 3.05) is 6.61 Å². The number of hydrogen-bond acceptors (Lipinski definition) is 3. The highest BCUT2D eigenvalue weighted by Gasteiger charge is 2.29. The molecule has 0 aliphatic heterocycles. The van der Waals surface area contributed by atoms with Gasteiger partial charge in [-0.3, -0.25) is 4.79 Å². The van der Waals surface area contributed by atoms with Crippen LogP contribution in [0.15, 0.2) is 46.9 Å². The average Bonchev–Trinajstić information content (AvgIpc) is 2.59. The number of hydrogen-bond donors (Lipinski definition) is 0. The van der Waals surface area contributed by atoms with Gasteiger partial charge in [-0.1, -0.05) is 34.0 Å². The number of benzene rings is 2. The SMILES string of the molecule is C#CCOC(=O)CC(c1cc(F)cc(Br)c1)C(C#N)c1cccc(F)c1. The fourth-order valence-electron chi connectivity index (χ4n) is 2.67. The van der Waals surface area contributed by atoms with Crippen LogP contribution < -0.4 is 0 Å². The molecule has 2 aromatic carbocycles. The molecule has 0 aliphatic carbocycles. The first-order chi connectivity index (χ1) is 12.4. The Bertz CT molecular complexity index is 866. The maximum Gasteiger partial charge on any atom is 0.307 e. The minimum absolute atomic E-state index is 0.199. The van der Waals surface area contributed by atoms with Crippen LogP contribution in [-0.2, 0) is 9.53 Å². The van der Waals surface area contributed by atoms with Crippen molar-refractivity contribution >= 4 is 21.9 Å². The molecule has 0 bridgehead atoms. The Morgan fingerprint density at radius 3 is 2.54 bits per heavy atom. The molecule has 3 nitrogen and oxygen atoms in total. The van der Waals surface area contributed by atoms with Gasteiger partial charge in [0.2, 0.25) is 0 Å². The molecule has 0 fully saturated rings. The molecule has 2 rings (SSSR count). The monoisotopic (exact) mass is 417 g/mol. The van der Waals surface area contributed by atoms with E-state index in [1.807, 2.05) is 0 Å². The van der Waals surface area contributed by atoms with Crippen molar-refractivity contribution in [1.29, 1.82) is 5.26 Å². The van der Waals surface area contributed by atoms with E-state index in [0.717, 1.165) is 0 Å². The number of esters is 1. The third-order valence-electron chi connectivity index (χ3n) is 3.77. The normalized spacial score (nSPS) is 12.5. The number of carbonyl (C=O) groups excluding carboxylic acids is 1. The summed E-state index contributed by atoms with van der Waals surface area (Å²) in [4.78, 5) is 12.1. The smallest absolute Gasteiger partial charge is 0.307 e. The molecule has 0 spiro atoms. The molecule has 0 amide bonds. The standard InChI is InChI=1S/C20H14BrF2NO2/c1-2-6-26-20(25)11-18(14-7-15(21)10-17(23)9-14)19(12-24)13-4-3-5-16(22)8-13/h1,3-5,7-10,18-19H,6,11H2. The summed E-state index contributed by atoms with van der Waals surface area (Å²) in [5, 5.41) is 9.67. The van der Waals surface area contributed by atoms with Crippen molar-refractivity contribution < 1.29 is 18.3 Å². The van der Waals surface area contributed by atoms with Crippen molar-refractivity contribution in [2.45, 2.75) is 18.3 Å².